The molecule has 1 heterocycles. The first-order valence-electron chi connectivity index (χ1n) is 9.90. The standard InChI is InChI=1S/C19H38O5/c1-2-3-4-5-6-7-8-9-10-11-12-13-23-19-17(14-20)24-15-16(21)18(19)22/h16-22H,2-15H2,1H3/t16-,17+,18+,19+/m0/s1. The Kier molecular flexibility index (Phi) is 12.8. The zero-order valence-electron chi connectivity index (χ0n) is 15.4. The van der Waals surface area contributed by atoms with Crippen LogP contribution in [0.4, 0.5) is 0 Å². The molecule has 0 amide bonds. The minimum absolute atomic E-state index is 0.0463. The Bertz CT molecular complexity index is 285. The minimum atomic E-state index is -0.983. The summed E-state index contributed by atoms with van der Waals surface area (Å²) in [7, 11) is 0. The van der Waals surface area contributed by atoms with Crippen LogP contribution in [0.25, 0.3) is 0 Å². The van der Waals surface area contributed by atoms with E-state index in [0.717, 1.165) is 12.8 Å². The summed E-state index contributed by atoms with van der Waals surface area (Å²) in [6.07, 6.45) is 10.9. The van der Waals surface area contributed by atoms with Gasteiger partial charge in [0.1, 0.15) is 24.4 Å². The Morgan fingerprint density at radius 1 is 0.875 bits per heavy atom. The average Bonchev–Trinajstić information content (AvgIpc) is 2.59. The van der Waals surface area contributed by atoms with Crippen LogP contribution in [0.5, 0.6) is 0 Å². The number of aliphatic hydroxyl groups is 3. The number of hydrogen-bond donors (Lipinski definition) is 3. The summed E-state index contributed by atoms with van der Waals surface area (Å²) in [6, 6.07) is 0. The topological polar surface area (TPSA) is 79.2 Å². The molecule has 0 aliphatic carbocycles. The Labute approximate surface area is 147 Å². The van der Waals surface area contributed by atoms with Crippen molar-refractivity contribution in [2.24, 2.45) is 0 Å². The average molecular weight is 347 g/mol. The second-order valence-corrected chi connectivity index (χ2v) is 6.98. The van der Waals surface area contributed by atoms with Crippen LogP contribution in [0.1, 0.15) is 77.6 Å². The first kappa shape index (κ1) is 21.8. The van der Waals surface area contributed by atoms with Gasteiger partial charge in [-0.05, 0) is 6.42 Å². The van der Waals surface area contributed by atoms with E-state index in [9.17, 15) is 15.3 Å². The maximum Gasteiger partial charge on any atom is 0.114 e. The van der Waals surface area contributed by atoms with Gasteiger partial charge < -0.3 is 24.8 Å². The van der Waals surface area contributed by atoms with Gasteiger partial charge in [0.25, 0.3) is 0 Å². The first-order chi connectivity index (χ1) is 11.7. The molecule has 1 saturated heterocycles. The van der Waals surface area contributed by atoms with Crippen molar-refractivity contribution in [1.29, 1.82) is 0 Å². The van der Waals surface area contributed by atoms with Crippen molar-refractivity contribution in [3.05, 3.63) is 0 Å². The molecule has 0 unspecified atom stereocenters. The van der Waals surface area contributed by atoms with E-state index in [4.69, 9.17) is 9.47 Å². The smallest absolute Gasteiger partial charge is 0.114 e. The van der Waals surface area contributed by atoms with Crippen molar-refractivity contribution in [3.8, 4) is 0 Å². The maximum atomic E-state index is 9.95. The number of rotatable bonds is 14. The number of unbranched alkanes of at least 4 members (excludes halogenated alkanes) is 10. The fourth-order valence-electron chi connectivity index (χ4n) is 3.20. The normalized spacial score (nSPS) is 27.5. The molecule has 3 N–H and O–H groups in total. The van der Waals surface area contributed by atoms with E-state index in [1.807, 2.05) is 0 Å². The highest BCUT2D eigenvalue weighted by atomic mass is 16.6. The van der Waals surface area contributed by atoms with Crippen molar-refractivity contribution in [1.82, 2.24) is 0 Å². The molecule has 1 rings (SSSR count). The molecule has 0 aromatic carbocycles. The summed E-state index contributed by atoms with van der Waals surface area (Å²) in [6.45, 7) is 2.63. The van der Waals surface area contributed by atoms with E-state index in [1.165, 1.54) is 57.8 Å². The molecule has 0 aromatic rings. The number of ether oxygens (including phenoxy) is 2. The summed E-state index contributed by atoms with van der Waals surface area (Å²) < 4.78 is 11.0. The van der Waals surface area contributed by atoms with E-state index >= 15 is 0 Å². The van der Waals surface area contributed by atoms with Gasteiger partial charge in [0.15, 0.2) is 0 Å². The fourth-order valence-corrected chi connectivity index (χ4v) is 3.20. The second kappa shape index (κ2) is 14.0. The minimum Gasteiger partial charge on any atom is -0.394 e. The van der Waals surface area contributed by atoms with Crippen molar-refractivity contribution in [2.75, 3.05) is 19.8 Å². The predicted octanol–water partition coefficient (Wildman–Crippen LogP) is 2.80. The summed E-state index contributed by atoms with van der Waals surface area (Å²) in [5.74, 6) is 0. The van der Waals surface area contributed by atoms with Crippen LogP contribution >= 0.6 is 0 Å². The largest absolute Gasteiger partial charge is 0.394 e. The van der Waals surface area contributed by atoms with Crippen LogP contribution in [0, 0.1) is 0 Å². The monoisotopic (exact) mass is 346 g/mol. The lowest BCUT2D eigenvalue weighted by Crippen LogP contribution is -2.55. The highest BCUT2D eigenvalue weighted by Gasteiger charge is 2.39. The third-order valence-electron chi connectivity index (χ3n) is 4.82. The molecule has 0 saturated carbocycles. The molecule has 0 radical (unpaired) electrons. The summed E-state index contributed by atoms with van der Waals surface area (Å²) >= 11 is 0. The van der Waals surface area contributed by atoms with Crippen molar-refractivity contribution < 1.29 is 24.8 Å². The maximum absolute atomic E-state index is 9.95. The van der Waals surface area contributed by atoms with E-state index in [0.29, 0.717) is 6.61 Å². The molecule has 0 aromatic heterocycles. The highest BCUT2D eigenvalue weighted by Crippen LogP contribution is 2.19. The summed E-state index contributed by atoms with van der Waals surface area (Å²) in [4.78, 5) is 0. The van der Waals surface area contributed by atoms with Crippen molar-refractivity contribution >= 4 is 0 Å². The molecular formula is C19H38O5. The Hall–Kier alpha value is -0.200. The molecule has 24 heavy (non-hydrogen) atoms. The lowest BCUT2D eigenvalue weighted by Gasteiger charge is -2.37. The van der Waals surface area contributed by atoms with Crippen LogP contribution in [0.15, 0.2) is 0 Å². The van der Waals surface area contributed by atoms with Gasteiger partial charge in [-0.3, -0.25) is 0 Å². The molecule has 1 aliphatic rings. The molecule has 0 bridgehead atoms. The lowest BCUT2D eigenvalue weighted by molar-refractivity contribution is -0.211. The molecule has 4 atom stereocenters. The molecule has 1 fully saturated rings. The van der Waals surface area contributed by atoms with Gasteiger partial charge in [0.2, 0.25) is 0 Å². The first-order valence-corrected chi connectivity index (χ1v) is 9.90. The van der Waals surface area contributed by atoms with Crippen molar-refractivity contribution in [3.63, 3.8) is 0 Å². The second-order valence-electron chi connectivity index (χ2n) is 6.98. The third kappa shape index (κ3) is 8.77. The van der Waals surface area contributed by atoms with Crippen LogP contribution in [-0.4, -0.2) is 59.6 Å². The van der Waals surface area contributed by atoms with Gasteiger partial charge in [-0.2, -0.15) is 0 Å². The molecule has 1 aliphatic heterocycles. The quantitative estimate of drug-likeness (QED) is 0.422. The van der Waals surface area contributed by atoms with Crippen LogP contribution in [0.2, 0.25) is 0 Å². The third-order valence-corrected chi connectivity index (χ3v) is 4.82. The van der Waals surface area contributed by atoms with Crippen LogP contribution < -0.4 is 0 Å². The molecule has 5 nitrogen and oxygen atoms in total. The fraction of sp³-hybridized carbons (Fsp3) is 1.00. The Morgan fingerprint density at radius 3 is 1.96 bits per heavy atom. The van der Waals surface area contributed by atoms with Gasteiger partial charge in [-0.1, -0.05) is 71.1 Å². The number of hydrogen-bond acceptors (Lipinski definition) is 5. The van der Waals surface area contributed by atoms with E-state index in [2.05, 4.69) is 6.92 Å². The van der Waals surface area contributed by atoms with Crippen LogP contribution in [-0.2, 0) is 9.47 Å². The summed E-state index contributed by atoms with van der Waals surface area (Å²) in [5, 5.41) is 28.8. The van der Waals surface area contributed by atoms with Crippen LogP contribution in [0.3, 0.4) is 0 Å². The van der Waals surface area contributed by atoms with Gasteiger partial charge in [0, 0.05) is 6.61 Å². The molecular weight excluding hydrogens is 308 g/mol. The molecule has 0 spiro atoms. The van der Waals surface area contributed by atoms with Gasteiger partial charge in [-0.25, -0.2) is 0 Å². The Morgan fingerprint density at radius 2 is 1.42 bits per heavy atom. The SMILES string of the molecule is CCCCCCCCCCCCCO[C@H]1[C@H](O)[C@@H](O)CO[C@@H]1CO. The van der Waals surface area contributed by atoms with E-state index < -0.39 is 24.4 Å². The molecule has 144 valence electrons. The predicted molar refractivity (Wildman–Crippen MR) is 95.0 cm³/mol. The zero-order chi connectivity index (χ0) is 17.6. The highest BCUT2D eigenvalue weighted by molar-refractivity contribution is 4.87. The Balaban J connectivity index is 1.95. The van der Waals surface area contributed by atoms with E-state index in [1.54, 1.807) is 0 Å². The lowest BCUT2D eigenvalue weighted by atomic mass is 10.0. The van der Waals surface area contributed by atoms with Gasteiger partial charge in [0.05, 0.1) is 13.2 Å². The number of aliphatic hydroxyl groups excluding tert-OH is 3. The molecule has 5 heteroatoms. The zero-order valence-corrected chi connectivity index (χ0v) is 15.4. The van der Waals surface area contributed by atoms with Gasteiger partial charge >= 0.3 is 0 Å². The van der Waals surface area contributed by atoms with Gasteiger partial charge in [-0.15, -0.1) is 0 Å². The van der Waals surface area contributed by atoms with E-state index in [-0.39, 0.29) is 13.2 Å². The van der Waals surface area contributed by atoms with Crippen molar-refractivity contribution in [2.45, 2.75) is 102 Å². The summed E-state index contributed by atoms with van der Waals surface area (Å²) in [5.41, 5.74) is 0.